The van der Waals surface area contributed by atoms with Crippen LogP contribution in [0.25, 0.3) is 0 Å². The molecule has 118 valence electrons. The fraction of sp³-hybridized carbons (Fsp3) is 0.412. The number of methoxy groups -OCH3 is 1. The van der Waals surface area contributed by atoms with Crippen molar-refractivity contribution < 1.29 is 9.53 Å². The maximum Gasteiger partial charge on any atom is 0.224 e. The molecule has 1 amide bonds. The largest absolute Gasteiger partial charge is 0.497 e. The van der Waals surface area contributed by atoms with E-state index in [0.717, 1.165) is 22.0 Å². The van der Waals surface area contributed by atoms with E-state index in [-0.39, 0.29) is 11.3 Å². The van der Waals surface area contributed by atoms with Gasteiger partial charge in [-0.15, -0.1) is 11.3 Å². The zero-order chi connectivity index (χ0) is 16.2. The molecule has 1 N–H and O–H groups in total. The van der Waals surface area contributed by atoms with Gasteiger partial charge in [0.15, 0.2) is 0 Å². The highest BCUT2D eigenvalue weighted by atomic mass is 32.1. The van der Waals surface area contributed by atoms with Gasteiger partial charge in [0.2, 0.25) is 5.91 Å². The van der Waals surface area contributed by atoms with Gasteiger partial charge in [-0.25, -0.2) is 4.98 Å². The second-order valence-corrected chi connectivity index (χ2v) is 7.12. The molecule has 0 bridgehead atoms. The van der Waals surface area contributed by atoms with E-state index in [0.29, 0.717) is 13.0 Å². The third-order valence-corrected chi connectivity index (χ3v) is 4.13. The second-order valence-electron chi connectivity index (χ2n) is 6.18. The number of carbonyl (C=O) groups is 1. The number of ether oxygens (including phenoxy) is 1. The summed E-state index contributed by atoms with van der Waals surface area (Å²) in [6, 6.07) is 7.52. The van der Waals surface area contributed by atoms with E-state index in [1.807, 2.05) is 24.3 Å². The average molecular weight is 318 g/mol. The molecule has 2 rings (SSSR count). The Morgan fingerprint density at radius 2 is 1.95 bits per heavy atom. The summed E-state index contributed by atoms with van der Waals surface area (Å²) in [5, 5.41) is 5.92. The molecule has 1 aromatic carbocycles. The van der Waals surface area contributed by atoms with Crippen molar-refractivity contribution >= 4 is 17.2 Å². The monoisotopic (exact) mass is 318 g/mol. The first-order chi connectivity index (χ1) is 10.4. The van der Waals surface area contributed by atoms with E-state index in [9.17, 15) is 4.79 Å². The molecule has 0 aliphatic carbocycles. The normalized spacial score (nSPS) is 11.3. The molecule has 1 aromatic heterocycles. The first kappa shape index (κ1) is 16.5. The predicted molar refractivity (Wildman–Crippen MR) is 89.4 cm³/mol. The lowest BCUT2D eigenvalue weighted by molar-refractivity contribution is -0.120. The van der Waals surface area contributed by atoms with Gasteiger partial charge in [-0.2, -0.15) is 0 Å². The van der Waals surface area contributed by atoms with Crippen LogP contribution in [-0.2, 0) is 23.2 Å². The van der Waals surface area contributed by atoms with Crippen molar-refractivity contribution in [3.05, 3.63) is 45.9 Å². The Kier molecular flexibility index (Phi) is 5.19. The molecule has 2 aromatic rings. The third-order valence-electron chi connectivity index (χ3n) is 3.28. The predicted octanol–water partition coefficient (Wildman–Crippen LogP) is 3.31. The van der Waals surface area contributed by atoms with Crippen molar-refractivity contribution in [3.8, 4) is 5.75 Å². The number of nitrogens with one attached hydrogen (secondary N) is 1. The maximum absolute atomic E-state index is 12.0. The van der Waals surface area contributed by atoms with Crippen LogP contribution in [0.15, 0.2) is 29.6 Å². The van der Waals surface area contributed by atoms with Gasteiger partial charge in [0.1, 0.15) is 10.8 Å². The summed E-state index contributed by atoms with van der Waals surface area (Å²) in [6.07, 6.45) is 0.363. The molecule has 5 heteroatoms. The molecule has 1 heterocycles. The van der Waals surface area contributed by atoms with Crippen molar-refractivity contribution in [1.82, 2.24) is 10.3 Å². The van der Waals surface area contributed by atoms with Crippen molar-refractivity contribution in [2.45, 2.75) is 39.2 Å². The van der Waals surface area contributed by atoms with Crippen molar-refractivity contribution in [3.63, 3.8) is 0 Å². The van der Waals surface area contributed by atoms with Gasteiger partial charge in [0, 0.05) is 10.8 Å². The molecule has 0 spiro atoms. The van der Waals surface area contributed by atoms with Crippen LogP contribution in [0, 0.1) is 0 Å². The zero-order valence-corrected chi connectivity index (χ0v) is 14.3. The lowest BCUT2D eigenvalue weighted by atomic mass is 9.93. The van der Waals surface area contributed by atoms with Gasteiger partial charge in [-0.3, -0.25) is 4.79 Å². The minimum Gasteiger partial charge on any atom is -0.497 e. The Balaban J connectivity index is 1.85. The van der Waals surface area contributed by atoms with E-state index >= 15 is 0 Å². The standard InChI is InChI=1S/C17H22N2O2S/c1-17(2,3)14-11-22-16(19-14)10-18-15(20)9-12-5-7-13(21-4)8-6-12/h5-8,11H,9-10H2,1-4H3,(H,18,20). The number of thiazole rings is 1. The summed E-state index contributed by atoms with van der Waals surface area (Å²) in [7, 11) is 1.63. The third kappa shape index (κ3) is 4.56. The van der Waals surface area contributed by atoms with Gasteiger partial charge in [-0.05, 0) is 17.7 Å². The van der Waals surface area contributed by atoms with Gasteiger partial charge in [0.25, 0.3) is 0 Å². The molecular weight excluding hydrogens is 296 g/mol. The summed E-state index contributed by atoms with van der Waals surface area (Å²) in [5.41, 5.74) is 2.08. The molecule has 0 radical (unpaired) electrons. The van der Waals surface area contributed by atoms with Crippen LogP contribution >= 0.6 is 11.3 Å². The minimum atomic E-state index is -0.00215. The summed E-state index contributed by atoms with van der Waals surface area (Å²) in [4.78, 5) is 16.5. The fourth-order valence-electron chi connectivity index (χ4n) is 1.90. The minimum absolute atomic E-state index is 0.00215. The fourth-order valence-corrected chi connectivity index (χ4v) is 2.86. The molecule has 0 saturated heterocycles. The van der Waals surface area contributed by atoms with E-state index < -0.39 is 0 Å². The van der Waals surface area contributed by atoms with Crippen LogP contribution in [0.4, 0.5) is 0 Å². The van der Waals surface area contributed by atoms with Gasteiger partial charge in [0.05, 0.1) is 25.8 Å². The Morgan fingerprint density at radius 3 is 2.50 bits per heavy atom. The number of carbonyl (C=O) groups excluding carboxylic acids is 1. The molecule has 0 fully saturated rings. The van der Waals surface area contributed by atoms with Crippen LogP contribution < -0.4 is 10.1 Å². The number of rotatable bonds is 5. The highest BCUT2D eigenvalue weighted by Gasteiger charge is 2.17. The first-order valence-electron chi connectivity index (χ1n) is 7.23. The van der Waals surface area contributed by atoms with Crippen LogP contribution in [0.5, 0.6) is 5.75 Å². The first-order valence-corrected chi connectivity index (χ1v) is 8.11. The van der Waals surface area contributed by atoms with E-state index in [4.69, 9.17) is 4.74 Å². The number of amides is 1. The highest BCUT2D eigenvalue weighted by Crippen LogP contribution is 2.23. The van der Waals surface area contributed by atoms with E-state index in [2.05, 4.69) is 36.5 Å². The number of nitrogens with zero attached hydrogens (tertiary/aromatic N) is 1. The van der Waals surface area contributed by atoms with Crippen molar-refractivity contribution in [1.29, 1.82) is 0 Å². The van der Waals surface area contributed by atoms with Crippen LogP contribution in [0.1, 0.15) is 37.0 Å². The van der Waals surface area contributed by atoms with Crippen LogP contribution in [-0.4, -0.2) is 18.0 Å². The number of hydrogen-bond acceptors (Lipinski definition) is 4. The van der Waals surface area contributed by atoms with E-state index in [1.54, 1.807) is 18.4 Å². The highest BCUT2D eigenvalue weighted by molar-refractivity contribution is 7.09. The molecule has 0 unspecified atom stereocenters. The molecule has 0 aliphatic rings. The summed E-state index contributed by atoms with van der Waals surface area (Å²) in [6.45, 7) is 6.88. The topological polar surface area (TPSA) is 51.2 Å². The molecule has 4 nitrogen and oxygen atoms in total. The molecule has 0 aliphatic heterocycles. The quantitative estimate of drug-likeness (QED) is 0.920. The molecule has 22 heavy (non-hydrogen) atoms. The smallest absolute Gasteiger partial charge is 0.224 e. The maximum atomic E-state index is 12.0. The summed E-state index contributed by atoms with van der Waals surface area (Å²) < 4.78 is 5.10. The lowest BCUT2D eigenvalue weighted by Gasteiger charge is -2.14. The van der Waals surface area contributed by atoms with Crippen molar-refractivity contribution in [2.75, 3.05) is 7.11 Å². The van der Waals surface area contributed by atoms with Gasteiger partial charge < -0.3 is 10.1 Å². The lowest BCUT2D eigenvalue weighted by Crippen LogP contribution is -2.24. The van der Waals surface area contributed by atoms with Gasteiger partial charge in [-0.1, -0.05) is 32.9 Å². The summed E-state index contributed by atoms with van der Waals surface area (Å²) >= 11 is 1.59. The van der Waals surface area contributed by atoms with Crippen molar-refractivity contribution in [2.24, 2.45) is 0 Å². The van der Waals surface area contributed by atoms with Gasteiger partial charge >= 0.3 is 0 Å². The number of hydrogen-bond donors (Lipinski definition) is 1. The summed E-state index contributed by atoms with van der Waals surface area (Å²) in [5.74, 6) is 0.791. The number of aromatic nitrogens is 1. The van der Waals surface area contributed by atoms with Crippen LogP contribution in [0.2, 0.25) is 0 Å². The molecule has 0 atom stereocenters. The molecule has 0 saturated carbocycles. The SMILES string of the molecule is COc1ccc(CC(=O)NCc2nc(C(C)(C)C)cs2)cc1. The van der Waals surface area contributed by atoms with E-state index in [1.165, 1.54) is 0 Å². The van der Waals surface area contributed by atoms with Crippen LogP contribution in [0.3, 0.4) is 0 Å². The Bertz CT molecular complexity index is 627. The Morgan fingerprint density at radius 1 is 1.27 bits per heavy atom. The second kappa shape index (κ2) is 6.92. The molecular formula is C17H22N2O2S. The number of benzene rings is 1. The Labute approximate surface area is 135 Å². The Hall–Kier alpha value is -1.88. The average Bonchev–Trinajstić information content (AvgIpc) is 2.95. The zero-order valence-electron chi connectivity index (χ0n) is 13.5.